The van der Waals surface area contributed by atoms with Crippen LogP contribution in [0.5, 0.6) is 5.75 Å². The normalized spacial score (nSPS) is 20.7. The molecule has 30 heavy (non-hydrogen) atoms. The number of likely N-dealkylation sites (tertiary alicyclic amines) is 1. The van der Waals surface area contributed by atoms with E-state index in [0.29, 0.717) is 36.2 Å². The molecule has 0 radical (unpaired) electrons. The summed E-state index contributed by atoms with van der Waals surface area (Å²) in [5, 5.41) is 6.37. The van der Waals surface area contributed by atoms with Gasteiger partial charge in [-0.15, -0.1) is 0 Å². The summed E-state index contributed by atoms with van der Waals surface area (Å²) in [5.41, 5.74) is 1.76. The molecule has 4 rings (SSSR count). The molecular weight excluding hydrogens is 404 g/mol. The molecule has 0 aliphatic carbocycles. The Balaban J connectivity index is 1.42. The zero-order valence-electron chi connectivity index (χ0n) is 16.9. The number of hydrogen-bond donors (Lipinski definition) is 2. The molecule has 7 nitrogen and oxygen atoms in total. The number of hydrogen-bond acceptors (Lipinski definition) is 4. The van der Waals surface area contributed by atoms with Crippen LogP contribution in [-0.4, -0.2) is 41.5 Å². The lowest BCUT2D eigenvalue weighted by Crippen LogP contribution is -2.38. The van der Waals surface area contributed by atoms with Gasteiger partial charge in [-0.2, -0.15) is 0 Å². The highest BCUT2D eigenvalue weighted by atomic mass is 35.5. The summed E-state index contributed by atoms with van der Waals surface area (Å²) in [7, 11) is 0. The molecular formula is C22H25ClN4O3. The van der Waals surface area contributed by atoms with E-state index in [4.69, 9.17) is 16.3 Å². The van der Waals surface area contributed by atoms with Gasteiger partial charge < -0.3 is 15.0 Å². The number of anilines is 1. The summed E-state index contributed by atoms with van der Waals surface area (Å²) in [6, 6.07) is 10.6. The van der Waals surface area contributed by atoms with E-state index in [1.807, 2.05) is 29.2 Å². The number of pyridine rings is 1. The highest BCUT2D eigenvalue weighted by Gasteiger charge is 2.26. The number of nitrogens with zero attached hydrogens (tertiary/aromatic N) is 2. The van der Waals surface area contributed by atoms with Gasteiger partial charge >= 0.3 is 6.03 Å². The fourth-order valence-electron chi connectivity index (χ4n) is 4.10. The molecule has 3 heterocycles. The number of piperidine rings is 1. The Kier molecular flexibility index (Phi) is 6.08. The second-order valence-corrected chi connectivity index (χ2v) is 8.11. The van der Waals surface area contributed by atoms with Crippen molar-refractivity contribution in [2.75, 3.05) is 25.0 Å². The summed E-state index contributed by atoms with van der Waals surface area (Å²) in [6.07, 6.45) is 2.60. The number of carbonyl (C=O) groups excluding carboxylic acids is 2. The van der Waals surface area contributed by atoms with Gasteiger partial charge in [-0.25, -0.2) is 9.78 Å². The quantitative estimate of drug-likeness (QED) is 0.770. The number of amides is 3. The first-order valence-corrected chi connectivity index (χ1v) is 10.6. The minimum absolute atomic E-state index is 0.0882. The van der Waals surface area contributed by atoms with Gasteiger partial charge in [0.1, 0.15) is 11.6 Å². The summed E-state index contributed by atoms with van der Waals surface area (Å²) in [6.45, 7) is 3.55. The van der Waals surface area contributed by atoms with Crippen molar-refractivity contribution in [1.82, 2.24) is 15.2 Å². The van der Waals surface area contributed by atoms with Gasteiger partial charge in [-0.1, -0.05) is 29.8 Å². The number of benzene rings is 1. The molecule has 1 aromatic heterocycles. The topological polar surface area (TPSA) is 83.6 Å². The predicted molar refractivity (Wildman–Crippen MR) is 115 cm³/mol. The molecule has 8 heteroatoms. The van der Waals surface area contributed by atoms with Crippen LogP contribution >= 0.6 is 11.6 Å². The number of carbonyl (C=O) groups is 2. The lowest BCUT2D eigenvalue weighted by molar-refractivity contribution is -0.130. The van der Waals surface area contributed by atoms with Gasteiger partial charge in [-0.05, 0) is 31.0 Å². The van der Waals surface area contributed by atoms with Crippen LogP contribution in [-0.2, 0) is 4.79 Å². The van der Waals surface area contributed by atoms with E-state index < -0.39 is 0 Å². The molecule has 2 aliphatic rings. The molecule has 3 amide bonds. The summed E-state index contributed by atoms with van der Waals surface area (Å²) >= 11 is 6.21. The van der Waals surface area contributed by atoms with Gasteiger partial charge in [0, 0.05) is 43.6 Å². The highest BCUT2D eigenvalue weighted by molar-refractivity contribution is 6.32. The van der Waals surface area contributed by atoms with Gasteiger partial charge in [0.2, 0.25) is 5.91 Å². The Morgan fingerprint density at radius 1 is 1.20 bits per heavy atom. The fraction of sp³-hybridized carbons (Fsp3) is 0.409. The van der Waals surface area contributed by atoms with E-state index in [9.17, 15) is 9.59 Å². The third-order valence-electron chi connectivity index (χ3n) is 5.63. The monoisotopic (exact) mass is 428 g/mol. The van der Waals surface area contributed by atoms with Crippen LogP contribution in [0, 0.1) is 0 Å². The zero-order valence-corrected chi connectivity index (χ0v) is 17.6. The number of rotatable bonds is 3. The van der Waals surface area contributed by atoms with Crippen molar-refractivity contribution in [3.8, 4) is 5.75 Å². The molecule has 2 aliphatic heterocycles. The average Bonchev–Trinajstić information content (AvgIpc) is 2.75. The molecule has 0 bridgehead atoms. The number of nitrogens with one attached hydrogen (secondary N) is 2. The molecule has 1 fully saturated rings. The van der Waals surface area contributed by atoms with Crippen molar-refractivity contribution in [3.63, 3.8) is 0 Å². The average molecular weight is 429 g/mol. The molecule has 2 N–H and O–H groups in total. The Morgan fingerprint density at radius 3 is 2.87 bits per heavy atom. The fourth-order valence-corrected chi connectivity index (χ4v) is 4.34. The van der Waals surface area contributed by atoms with Crippen molar-refractivity contribution >= 4 is 29.4 Å². The van der Waals surface area contributed by atoms with Crippen LogP contribution in [0.25, 0.3) is 0 Å². The van der Waals surface area contributed by atoms with Crippen LogP contribution in [0.2, 0.25) is 5.02 Å². The van der Waals surface area contributed by atoms with Crippen LogP contribution in [0.15, 0.2) is 36.4 Å². The predicted octanol–water partition coefficient (Wildman–Crippen LogP) is 4.11. The van der Waals surface area contributed by atoms with Gasteiger partial charge in [0.25, 0.3) is 0 Å². The first-order valence-electron chi connectivity index (χ1n) is 10.2. The Labute approximate surface area is 180 Å². The SMILES string of the molecule is CC(=O)N1CCC[C@H](c2cccc(NC(=O)N[C@H]3CCOc4c(Cl)cccc43)n2)C1. The van der Waals surface area contributed by atoms with Crippen molar-refractivity contribution in [3.05, 3.63) is 52.7 Å². The third-order valence-corrected chi connectivity index (χ3v) is 5.93. The Bertz CT molecular complexity index is 952. The Morgan fingerprint density at radius 2 is 2.03 bits per heavy atom. The smallest absolute Gasteiger partial charge is 0.320 e. The largest absolute Gasteiger partial charge is 0.492 e. The zero-order chi connectivity index (χ0) is 21.1. The summed E-state index contributed by atoms with van der Waals surface area (Å²) in [4.78, 5) is 30.8. The van der Waals surface area contributed by atoms with Crippen LogP contribution in [0.1, 0.15) is 49.4 Å². The maximum absolute atomic E-state index is 12.6. The molecule has 158 valence electrons. The van der Waals surface area contributed by atoms with E-state index in [0.717, 1.165) is 30.6 Å². The molecule has 2 aromatic rings. The third kappa shape index (κ3) is 4.51. The number of aromatic nitrogens is 1. The molecule has 2 atom stereocenters. The second-order valence-electron chi connectivity index (χ2n) is 7.70. The van der Waals surface area contributed by atoms with Crippen LogP contribution in [0.4, 0.5) is 10.6 Å². The van der Waals surface area contributed by atoms with Crippen molar-refractivity contribution in [2.24, 2.45) is 0 Å². The minimum Gasteiger partial charge on any atom is -0.492 e. The first kappa shape index (κ1) is 20.5. The second kappa shape index (κ2) is 8.92. The standard InChI is InChI=1S/C22H25ClN4O3/c1-14(28)27-11-4-5-15(13-27)18-8-3-9-20(24-18)26-22(29)25-19-10-12-30-21-16(19)6-2-7-17(21)23/h2-3,6-9,15,19H,4-5,10-13H2,1H3,(H2,24,25,26,29)/t15-,19-/m0/s1. The maximum atomic E-state index is 12.6. The first-order chi connectivity index (χ1) is 14.5. The van der Waals surface area contributed by atoms with Gasteiger partial charge in [0.15, 0.2) is 0 Å². The molecule has 0 spiro atoms. The molecule has 1 aromatic carbocycles. The van der Waals surface area contributed by atoms with E-state index in [2.05, 4.69) is 15.6 Å². The molecule has 0 saturated carbocycles. The van der Waals surface area contributed by atoms with Crippen molar-refractivity contribution in [2.45, 2.75) is 38.1 Å². The highest BCUT2D eigenvalue weighted by Crippen LogP contribution is 2.37. The summed E-state index contributed by atoms with van der Waals surface area (Å²) in [5.74, 6) is 1.38. The minimum atomic E-state index is -0.327. The number of urea groups is 1. The van der Waals surface area contributed by atoms with Gasteiger partial charge in [0.05, 0.1) is 17.7 Å². The lowest BCUT2D eigenvalue weighted by atomic mass is 9.94. The van der Waals surface area contributed by atoms with E-state index in [1.165, 1.54) is 0 Å². The van der Waals surface area contributed by atoms with Crippen LogP contribution in [0.3, 0.4) is 0 Å². The lowest BCUT2D eigenvalue weighted by Gasteiger charge is -2.31. The van der Waals surface area contributed by atoms with E-state index in [-0.39, 0.29) is 23.9 Å². The van der Waals surface area contributed by atoms with Crippen LogP contribution < -0.4 is 15.4 Å². The molecule has 0 unspecified atom stereocenters. The van der Waals surface area contributed by atoms with Gasteiger partial charge in [-0.3, -0.25) is 10.1 Å². The summed E-state index contributed by atoms with van der Waals surface area (Å²) < 4.78 is 5.65. The maximum Gasteiger partial charge on any atom is 0.320 e. The van der Waals surface area contributed by atoms with E-state index in [1.54, 1.807) is 19.1 Å². The van der Waals surface area contributed by atoms with E-state index >= 15 is 0 Å². The number of halogens is 1. The van der Waals surface area contributed by atoms with Crippen molar-refractivity contribution in [1.29, 1.82) is 0 Å². The van der Waals surface area contributed by atoms with Crippen molar-refractivity contribution < 1.29 is 14.3 Å². The molecule has 1 saturated heterocycles. The Hall–Kier alpha value is -2.80. The number of fused-ring (bicyclic) bond motifs is 1. The number of ether oxygens (including phenoxy) is 1. The number of para-hydroxylation sites is 1.